The van der Waals surface area contributed by atoms with E-state index in [4.69, 9.17) is 5.41 Å². The van der Waals surface area contributed by atoms with Crippen LogP contribution in [0.4, 0.5) is 0 Å². The summed E-state index contributed by atoms with van der Waals surface area (Å²) in [7, 11) is 0. The topological polar surface area (TPSA) is 107 Å². The van der Waals surface area contributed by atoms with Crippen LogP contribution < -0.4 is 5.32 Å². The van der Waals surface area contributed by atoms with Gasteiger partial charge in [0.15, 0.2) is 5.78 Å². The largest absolute Gasteiger partial charge is 0.511 e. The molecule has 2 atom stereocenters. The number of amides is 2. The van der Waals surface area contributed by atoms with Crippen molar-refractivity contribution in [1.82, 2.24) is 5.32 Å². The lowest BCUT2D eigenvalue weighted by Crippen LogP contribution is -2.39. The van der Waals surface area contributed by atoms with Crippen LogP contribution in [0.5, 0.6) is 0 Å². The third kappa shape index (κ3) is 3.20. The summed E-state index contributed by atoms with van der Waals surface area (Å²) >= 11 is 0. The van der Waals surface area contributed by atoms with E-state index in [1.807, 2.05) is 6.92 Å². The van der Waals surface area contributed by atoms with Crippen molar-refractivity contribution < 1.29 is 19.5 Å². The number of nitrogens with one attached hydrogen (secondary N) is 2. The third-order valence-corrected chi connectivity index (χ3v) is 4.15. The molecule has 1 saturated heterocycles. The molecule has 21 heavy (non-hydrogen) atoms. The third-order valence-electron chi connectivity index (χ3n) is 4.15. The Morgan fingerprint density at radius 1 is 1.19 bits per heavy atom. The maximum Gasteiger partial charge on any atom is 0.226 e. The van der Waals surface area contributed by atoms with Crippen molar-refractivity contribution >= 4 is 23.3 Å². The van der Waals surface area contributed by atoms with Crippen LogP contribution in [0.3, 0.4) is 0 Å². The zero-order chi connectivity index (χ0) is 15.7. The van der Waals surface area contributed by atoms with Crippen LogP contribution in [0.2, 0.25) is 0 Å². The van der Waals surface area contributed by atoms with Gasteiger partial charge in [0, 0.05) is 30.4 Å². The van der Waals surface area contributed by atoms with Crippen molar-refractivity contribution in [2.24, 2.45) is 17.8 Å². The standard InChI is InChI=1S/C15H20N2O4/c1-7-3-8(2)15(21)13(14(7)20)10(16)4-9-5-11(18)17-12(19)6-9/h7-9,16,20H,3-6H2,1-2H3,(H,17,18,19). The van der Waals surface area contributed by atoms with Gasteiger partial charge in [-0.3, -0.25) is 19.7 Å². The van der Waals surface area contributed by atoms with Gasteiger partial charge in [-0.05, 0) is 18.8 Å². The molecule has 2 unspecified atom stereocenters. The Kier molecular flexibility index (Phi) is 4.25. The smallest absolute Gasteiger partial charge is 0.226 e. The van der Waals surface area contributed by atoms with Crippen LogP contribution in [-0.2, 0) is 14.4 Å². The van der Waals surface area contributed by atoms with Crippen LogP contribution in [0, 0.1) is 23.2 Å². The lowest BCUT2D eigenvalue weighted by Gasteiger charge is -2.27. The number of imide groups is 1. The number of carbonyl (C=O) groups excluding carboxylic acids is 3. The Morgan fingerprint density at radius 2 is 1.76 bits per heavy atom. The van der Waals surface area contributed by atoms with Crippen molar-refractivity contribution in [3.05, 3.63) is 11.3 Å². The number of ketones is 1. The van der Waals surface area contributed by atoms with E-state index in [-0.39, 0.29) is 71.7 Å². The zero-order valence-electron chi connectivity index (χ0n) is 12.2. The van der Waals surface area contributed by atoms with Gasteiger partial charge in [0.25, 0.3) is 0 Å². The highest BCUT2D eigenvalue weighted by atomic mass is 16.3. The predicted octanol–water partition coefficient (Wildman–Crippen LogP) is 1.51. The first-order valence-corrected chi connectivity index (χ1v) is 7.17. The molecule has 2 rings (SSSR count). The molecule has 0 aromatic carbocycles. The molecule has 1 heterocycles. The summed E-state index contributed by atoms with van der Waals surface area (Å²) in [4.78, 5) is 34.9. The molecule has 3 N–H and O–H groups in total. The summed E-state index contributed by atoms with van der Waals surface area (Å²) in [5.74, 6) is -1.60. The van der Waals surface area contributed by atoms with E-state index in [2.05, 4.69) is 5.32 Å². The maximum atomic E-state index is 12.2. The van der Waals surface area contributed by atoms with Crippen molar-refractivity contribution in [1.29, 1.82) is 5.41 Å². The van der Waals surface area contributed by atoms with Crippen LogP contribution in [0.1, 0.15) is 39.5 Å². The summed E-state index contributed by atoms with van der Waals surface area (Å²) in [5, 5.41) is 20.4. The van der Waals surface area contributed by atoms with Gasteiger partial charge in [0.1, 0.15) is 5.76 Å². The minimum absolute atomic E-state index is 0.0309. The highest BCUT2D eigenvalue weighted by molar-refractivity contribution is 6.22. The molecule has 1 fully saturated rings. The fourth-order valence-corrected chi connectivity index (χ4v) is 3.06. The van der Waals surface area contributed by atoms with Gasteiger partial charge in [-0.15, -0.1) is 0 Å². The average molecular weight is 292 g/mol. The Balaban J connectivity index is 2.15. The number of aliphatic hydroxyl groups is 1. The molecule has 0 saturated carbocycles. The zero-order valence-corrected chi connectivity index (χ0v) is 12.2. The van der Waals surface area contributed by atoms with Crippen LogP contribution in [-0.4, -0.2) is 28.4 Å². The number of hydrogen-bond donors (Lipinski definition) is 3. The molecule has 1 aliphatic carbocycles. The first kappa shape index (κ1) is 15.4. The second kappa shape index (κ2) is 5.79. The second-order valence-corrected chi connectivity index (χ2v) is 6.09. The van der Waals surface area contributed by atoms with Crippen LogP contribution in [0.15, 0.2) is 11.3 Å². The molecule has 1 aliphatic heterocycles. The maximum absolute atomic E-state index is 12.2. The van der Waals surface area contributed by atoms with E-state index in [0.29, 0.717) is 6.42 Å². The minimum atomic E-state index is -0.348. The van der Waals surface area contributed by atoms with Crippen LogP contribution in [0.25, 0.3) is 0 Å². The summed E-state index contributed by atoms with van der Waals surface area (Å²) in [6, 6.07) is 0. The summed E-state index contributed by atoms with van der Waals surface area (Å²) < 4.78 is 0. The van der Waals surface area contributed by atoms with Gasteiger partial charge >= 0.3 is 0 Å². The molecule has 2 amide bonds. The molecule has 0 aromatic rings. The summed E-state index contributed by atoms with van der Waals surface area (Å²) in [6.45, 7) is 3.61. The number of rotatable bonds is 3. The lowest BCUT2D eigenvalue weighted by molar-refractivity contribution is -0.134. The number of piperidine rings is 1. The molecule has 114 valence electrons. The van der Waals surface area contributed by atoms with E-state index in [1.54, 1.807) is 6.92 Å². The van der Waals surface area contributed by atoms with E-state index in [1.165, 1.54) is 0 Å². The van der Waals surface area contributed by atoms with Gasteiger partial charge in [-0.25, -0.2) is 0 Å². The fourth-order valence-electron chi connectivity index (χ4n) is 3.06. The monoisotopic (exact) mass is 292 g/mol. The molecule has 2 aliphatic rings. The number of carbonyl (C=O) groups is 3. The highest BCUT2D eigenvalue weighted by Gasteiger charge is 2.35. The Morgan fingerprint density at radius 3 is 2.33 bits per heavy atom. The number of allylic oxidation sites excluding steroid dienone is 2. The van der Waals surface area contributed by atoms with Gasteiger partial charge in [-0.2, -0.15) is 0 Å². The van der Waals surface area contributed by atoms with Gasteiger partial charge in [0.05, 0.1) is 5.57 Å². The van der Waals surface area contributed by atoms with Gasteiger partial charge < -0.3 is 10.5 Å². The van der Waals surface area contributed by atoms with Gasteiger partial charge in [-0.1, -0.05) is 13.8 Å². The fraction of sp³-hybridized carbons (Fsp3) is 0.600. The highest BCUT2D eigenvalue weighted by Crippen LogP contribution is 2.32. The molecule has 6 heteroatoms. The first-order valence-electron chi connectivity index (χ1n) is 7.17. The normalized spacial score (nSPS) is 27.8. The second-order valence-electron chi connectivity index (χ2n) is 6.09. The van der Waals surface area contributed by atoms with E-state index >= 15 is 0 Å². The average Bonchev–Trinajstić information content (AvgIpc) is 2.35. The predicted molar refractivity (Wildman–Crippen MR) is 75.8 cm³/mol. The Labute approximate surface area is 123 Å². The summed E-state index contributed by atoms with van der Waals surface area (Å²) in [6.07, 6.45) is 1.07. The summed E-state index contributed by atoms with van der Waals surface area (Å²) in [5.41, 5.74) is 0.114. The molecule has 0 spiro atoms. The molecular formula is C15H20N2O4. The Hall–Kier alpha value is -1.98. The molecule has 0 bridgehead atoms. The first-order chi connectivity index (χ1) is 9.79. The van der Waals surface area contributed by atoms with E-state index in [9.17, 15) is 19.5 Å². The van der Waals surface area contributed by atoms with E-state index in [0.717, 1.165) is 0 Å². The van der Waals surface area contributed by atoms with E-state index < -0.39 is 0 Å². The Bertz CT molecular complexity index is 534. The minimum Gasteiger partial charge on any atom is -0.511 e. The van der Waals surface area contributed by atoms with Crippen LogP contribution >= 0.6 is 0 Å². The SMILES string of the molecule is CC1CC(C)C(O)=C(C(=N)CC2CC(=O)NC(=O)C2)C1=O. The van der Waals surface area contributed by atoms with Crippen molar-refractivity contribution in [2.45, 2.75) is 39.5 Å². The van der Waals surface area contributed by atoms with Crippen molar-refractivity contribution in [3.63, 3.8) is 0 Å². The number of hydrogen-bond acceptors (Lipinski definition) is 5. The van der Waals surface area contributed by atoms with Crippen molar-refractivity contribution in [2.75, 3.05) is 0 Å². The quantitative estimate of drug-likeness (QED) is 0.541. The molecular weight excluding hydrogens is 272 g/mol. The molecule has 0 radical (unpaired) electrons. The number of Topliss-reactive ketones (excluding diaryl/α,β-unsaturated/α-hetero) is 1. The van der Waals surface area contributed by atoms with Gasteiger partial charge in [0.2, 0.25) is 11.8 Å². The lowest BCUT2D eigenvalue weighted by atomic mass is 9.78. The molecule has 6 nitrogen and oxygen atoms in total. The number of aliphatic hydroxyl groups excluding tert-OH is 1. The van der Waals surface area contributed by atoms with Crippen molar-refractivity contribution in [3.8, 4) is 0 Å². The molecule has 0 aromatic heterocycles.